The third-order valence-electron chi connectivity index (χ3n) is 5.30. The Bertz CT molecular complexity index is 890. The van der Waals surface area contributed by atoms with Crippen LogP contribution in [0.5, 0.6) is 11.5 Å². The van der Waals surface area contributed by atoms with Gasteiger partial charge in [0.2, 0.25) is 5.91 Å². The molecule has 1 atom stereocenters. The van der Waals surface area contributed by atoms with Crippen molar-refractivity contribution in [2.75, 3.05) is 37.7 Å². The van der Waals surface area contributed by atoms with Crippen LogP contribution in [0.15, 0.2) is 42.6 Å². The smallest absolute Gasteiger partial charge is 0.246 e. The maximum atomic E-state index is 12.7. The first-order valence-electron chi connectivity index (χ1n) is 10.2. The molecule has 1 amide bonds. The van der Waals surface area contributed by atoms with E-state index >= 15 is 0 Å². The number of piperazine rings is 1. The molecule has 2 aliphatic rings. The summed E-state index contributed by atoms with van der Waals surface area (Å²) in [7, 11) is 0. The van der Waals surface area contributed by atoms with Crippen molar-refractivity contribution in [3.05, 3.63) is 53.7 Å². The van der Waals surface area contributed by atoms with Crippen molar-refractivity contribution in [2.24, 2.45) is 0 Å². The normalized spacial score (nSPS) is 18.6. The van der Waals surface area contributed by atoms with E-state index in [1.165, 1.54) is 0 Å². The molecule has 0 saturated carbocycles. The first-order chi connectivity index (χ1) is 14.1. The summed E-state index contributed by atoms with van der Waals surface area (Å²) in [6.45, 7) is 7.54. The number of nitrogens with zero attached hydrogens (tertiary/aromatic N) is 3. The molecule has 4 rings (SSSR count). The second kappa shape index (κ2) is 8.55. The molecule has 1 unspecified atom stereocenters. The summed E-state index contributed by atoms with van der Waals surface area (Å²) in [6.07, 6.45) is 6.34. The predicted molar refractivity (Wildman–Crippen MR) is 113 cm³/mol. The molecule has 1 saturated heterocycles. The summed E-state index contributed by atoms with van der Waals surface area (Å²) >= 11 is 0. The van der Waals surface area contributed by atoms with E-state index < -0.39 is 0 Å². The van der Waals surface area contributed by atoms with Crippen LogP contribution < -0.4 is 14.4 Å². The molecule has 0 bridgehead atoms. The number of ether oxygens (including phenoxy) is 2. The monoisotopic (exact) mass is 393 g/mol. The molecule has 29 heavy (non-hydrogen) atoms. The molecular formula is C23H27N3O3. The number of aromatic nitrogens is 1. The van der Waals surface area contributed by atoms with Crippen LogP contribution in [0, 0.1) is 0 Å². The molecule has 0 spiro atoms. The first kappa shape index (κ1) is 19.3. The SMILES string of the molecule is CCOc1cc2c(cc1/C=C/C(=O)N1CCN(c3ccccn3)CC1)OC(C)C2. The van der Waals surface area contributed by atoms with Gasteiger partial charge in [-0.3, -0.25) is 4.79 Å². The van der Waals surface area contributed by atoms with Crippen LogP contribution in [0.4, 0.5) is 5.82 Å². The Labute approximate surface area is 171 Å². The van der Waals surface area contributed by atoms with Crippen LogP contribution in [0.1, 0.15) is 25.0 Å². The molecule has 2 aromatic rings. The lowest BCUT2D eigenvalue weighted by Gasteiger charge is -2.34. The Morgan fingerprint density at radius 1 is 1.28 bits per heavy atom. The van der Waals surface area contributed by atoms with Gasteiger partial charge in [-0.05, 0) is 44.2 Å². The maximum Gasteiger partial charge on any atom is 0.246 e. The third kappa shape index (κ3) is 4.36. The fraction of sp³-hybridized carbons (Fsp3) is 0.391. The van der Waals surface area contributed by atoms with Crippen molar-refractivity contribution in [3.8, 4) is 11.5 Å². The molecule has 0 radical (unpaired) electrons. The van der Waals surface area contributed by atoms with Gasteiger partial charge in [0.1, 0.15) is 23.4 Å². The standard InChI is InChI=1S/C23H27N3O3/c1-3-28-20-16-19-14-17(2)29-21(19)15-18(20)7-8-23(27)26-12-10-25(11-13-26)22-6-4-5-9-24-22/h4-9,15-17H,3,10-14H2,1-2H3/b8-7+. The molecule has 1 aromatic carbocycles. The lowest BCUT2D eigenvalue weighted by atomic mass is 10.1. The summed E-state index contributed by atoms with van der Waals surface area (Å²) in [5.74, 6) is 2.66. The Morgan fingerprint density at radius 3 is 2.83 bits per heavy atom. The van der Waals surface area contributed by atoms with E-state index in [9.17, 15) is 4.79 Å². The van der Waals surface area contributed by atoms with E-state index in [-0.39, 0.29) is 12.0 Å². The van der Waals surface area contributed by atoms with Crippen LogP contribution >= 0.6 is 0 Å². The van der Waals surface area contributed by atoms with Gasteiger partial charge in [-0.1, -0.05) is 6.07 Å². The number of rotatable bonds is 5. The van der Waals surface area contributed by atoms with Gasteiger partial charge >= 0.3 is 0 Å². The zero-order chi connectivity index (χ0) is 20.2. The van der Waals surface area contributed by atoms with Crippen molar-refractivity contribution in [2.45, 2.75) is 26.4 Å². The summed E-state index contributed by atoms with van der Waals surface area (Å²) in [6, 6.07) is 9.92. The molecule has 6 nitrogen and oxygen atoms in total. The summed E-state index contributed by atoms with van der Waals surface area (Å²) in [4.78, 5) is 21.2. The number of pyridine rings is 1. The zero-order valence-electron chi connectivity index (χ0n) is 17.0. The lowest BCUT2D eigenvalue weighted by molar-refractivity contribution is -0.126. The highest BCUT2D eigenvalue weighted by Gasteiger charge is 2.22. The van der Waals surface area contributed by atoms with E-state index in [2.05, 4.69) is 16.8 Å². The Balaban J connectivity index is 1.42. The van der Waals surface area contributed by atoms with Gasteiger partial charge < -0.3 is 19.3 Å². The van der Waals surface area contributed by atoms with E-state index in [0.717, 1.165) is 48.0 Å². The highest BCUT2D eigenvalue weighted by molar-refractivity contribution is 5.92. The number of fused-ring (bicyclic) bond motifs is 1. The second-order valence-electron chi connectivity index (χ2n) is 7.40. The number of hydrogen-bond acceptors (Lipinski definition) is 5. The highest BCUT2D eigenvalue weighted by Crippen LogP contribution is 2.35. The van der Waals surface area contributed by atoms with Crippen molar-refractivity contribution in [3.63, 3.8) is 0 Å². The molecule has 0 N–H and O–H groups in total. The second-order valence-corrected chi connectivity index (χ2v) is 7.40. The predicted octanol–water partition coefficient (Wildman–Crippen LogP) is 3.17. The largest absolute Gasteiger partial charge is 0.493 e. The first-order valence-corrected chi connectivity index (χ1v) is 10.2. The molecule has 1 aromatic heterocycles. The molecular weight excluding hydrogens is 366 g/mol. The minimum atomic E-state index is 0.0166. The lowest BCUT2D eigenvalue weighted by Crippen LogP contribution is -2.48. The quantitative estimate of drug-likeness (QED) is 0.731. The number of benzene rings is 1. The van der Waals surface area contributed by atoms with Gasteiger partial charge in [0.25, 0.3) is 0 Å². The summed E-state index contributed by atoms with van der Waals surface area (Å²) in [5.41, 5.74) is 2.04. The molecule has 3 heterocycles. The fourth-order valence-electron chi connectivity index (χ4n) is 3.83. The number of amides is 1. The van der Waals surface area contributed by atoms with Gasteiger partial charge in [-0.15, -0.1) is 0 Å². The van der Waals surface area contributed by atoms with Crippen LogP contribution in [-0.4, -0.2) is 54.7 Å². The van der Waals surface area contributed by atoms with Gasteiger partial charge in [0.15, 0.2) is 0 Å². The minimum Gasteiger partial charge on any atom is -0.493 e. The molecule has 0 aliphatic carbocycles. The van der Waals surface area contributed by atoms with Crippen molar-refractivity contribution in [1.82, 2.24) is 9.88 Å². The maximum absolute atomic E-state index is 12.7. The Kier molecular flexibility index (Phi) is 5.69. The van der Waals surface area contributed by atoms with Gasteiger partial charge in [-0.2, -0.15) is 0 Å². The van der Waals surface area contributed by atoms with Crippen molar-refractivity contribution in [1.29, 1.82) is 0 Å². The van der Waals surface area contributed by atoms with Crippen LogP contribution in [0.3, 0.4) is 0 Å². The summed E-state index contributed by atoms with van der Waals surface area (Å²) < 4.78 is 11.7. The fourth-order valence-corrected chi connectivity index (χ4v) is 3.83. The van der Waals surface area contributed by atoms with E-state index in [0.29, 0.717) is 19.7 Å². The molecule has 152 valence electrons. The van der Waals surface area contributed by atoms with Crippen LogP contribution in [-0.2, 0) is 11.2 Å². The molecule has 6 heteroatoms. The summed E-state index contributed by atoms with van der Waals surface area (Å²) in [5, 5.41) is 0. The van der Waals surface area contributed by atoms with Crippen LogP contribution in [0.25, 0.3) is 6.08 Å². The van der Waals surface area contributed by atoms with Crippen LogP contribution in [0.2, 0.25) is 0 Å². The van der Waals surface area contributed by atoms with Crippen molar-refractivity contribution < 1.29 is 14.3 Å². The Hall–Kier alpha value is -3.02. The highest BCUT2D eigenvalue weighted by atomic mass is 16.5. The van der Waals surface area contributed by atoms with Gasteiger partial charge in [0, 0.05) is 56.0 Å². The molecule has 1 fully saturated rings. The average molecular weight is 393 g/mol. The Morgan fingerprint density at radius 2 is 2.10 bits per heavy atom. The average Bonchev–Trinajstić information content (AvgIpc) is 3.11. The number of hydrogen-bond donors (Lipinski definition) is 0. The number of carbonyl (C=O) groups excluding carboxylic acids is 1. The number of anilines is 1. The van der Waals surface area contributed by atoms with E-state index in [1.54, 1.807) is 12.3 Å². The van der Waals surface area contributed by atoms with Gasteiger partial charge in [0.05, 0.1) is 6.61 Å². The third-order valence-corrected chi connectivity index (χ3v) is 5.30. The van der Waals surface area contributed by atoms with Crippen molar-refractivity contribution >= 4 is 17.8 Å². The van der Waals surface area contributed by atoms with E-state index in [4.69, 9.17) is 9.47 Å². The minimum absolute atomic E-state index is 0.0166. The number of carbonyl (C=O) groups is 1. The van der Waals surface area contributed by atoms with E-state index in [1.807, 2.05) is 48.2 Å². The zero-order valence-corrected chi connectivity index (χ0v) is 17.0. The molecule has 2 aliphatic heterocycles. The van der Waals surface area contributed by atoms with Gasteiger partial charge in [-0.25, -0.2) is 4.98 Å². The topological polar surface area (TPSA) is 54.9 Å².